The van der Waals surface area contributed by atoms with E-state index in [9.17, 15) is 0 Å². The predicted molar refractivity (Wildman–Crippen MR) is 82.9 cm³/mol. The highest BCUT2D eigenvalue weighted by atomic mass is 16.5. The fraction of sp³-hybridized carbons (Fsp3) is 0.312. The molecule has 1 aromatic heterocycles. The summed E-state index contributed by atoms with van der Waals surface area (Å²) in [5.74, 6) is 0.798. The van der Waals surface area contributed by atoms with Crippen LogP contribution < -0.4 is 15.8 Å². The Bertz CT molecular complexity index is 569. The van der Waals surface area contributed by atoms with Crippen molar-refractivity contribution in [2.75, 3.05) is 17.7 Å². The number of nitrogen functional groups attached to an aromatic ring is 1. The van der Waals surface area contributed by atoms with E-state index in [1.807, 2.05) is 24.3 Å². The maximum absolute atomic E-state index is 5.89. The number of hydrogen-bond donors (Lipinski definition) is 2. The average molecular weight is 271 g/mol. The topological polar surface area (TPSA) is 60.2 Å². The van der Waals surface area contributed by atoms with Crippen LogP contribution in [0.25, 0.3) is 0 Å². The third-order valence-corrected chi connectivity index (χ3v) is 2.98. The summed E-state index contributed by atoms with van der Waals surface area (Å²) < 4.78 is 5.62. The van der Waals surface area contributed by atoms with Gasteiger partial charge in [-0.15, -0.1) is 0 Å². The van der Waals surface area contributed by atoms with Gasteiger partial charge in [-0.25, -0.2) is 0 Å². The molecule has 3 N–H and O–H groups in total. The summed E-state index contributed by atoms with van der Waals surface area (Å²) >= 11 is 0. The smallest absolute Gasteiger partial charge is 0.123 e. The van der Waals surface area contributed by atoms with Gasteiger partial charge in [-0.1, -0.05) is 13.0 Å². The van der Waals surface area contributed by atoms with Gasteiger partial charge < -0.3 is 15.8 Å². The number of hydrogen-bond acceptors (Lipinski definition) is 4. The molecule has 4 nitrogen and oxygen atoms in total. The van der Waals surface area contributed by atoms with Gasteiger partial charge in [-0.05, 0) is 31.0 Å². The molecule has 2 rings (SSSR count). The molecule has 0 saturated carbocycles. The summed E-state index contributed by atoms with van der Waals surface area (Å²) in [6.45, 7) is 5.50. The van der Waals surface area contributed by atoms with Crippen LogP contribution in [0.1, 0.15) is 24.6 Å². The zero-order chi connectivity index (χ0) is 14.4. The molecule has 1 heterocycles. The Morgan fingerprint density at radius 3 is 2.90 bits per heavy atom. The first-order valence-corrected chi connectivity index (χ1v) is 6.86. The summed E-state index contributed by atoms with van der Waals surface area (Å²) in [6, 6.07) is 9.70. The molecule has 0 spiro atoms. The van der Waals surface area contributed by atoms with Gasteiger partial charge in [0.2, 0.25) is 0 Å². The highest BCUT2D eigenvalue weighted by molar-refractivity contribution is 5.59. The fourth-order valence-corrected chi connectivity index (χ4v) is 1.92. The SMILES string of the molecule is CCCOc1cc(N)cc(NCc2ncccc2C)c1. The highest BCUT2D eigenvalue weighted by Gasteiger charge is 2.02. The first-order chi connectivity index (χ1) is 9.69. The Morgan fingerprint density at radius 2 is 2.15 bits per heavy atom. The number of benzene rings is 1. The summed E-state index contributed by atoms with van der Waals surface area (Å²) in [5.41, 5.74) is 9.74. The van der Waals surface area contributed by atoms with Gasteiger partial charge >= 0.3 is 0 Å². The molecule has 0 saturated heterocycles. The number of nitrogens with zero attached hydrogens (tertiary/aromatic N) is 1. The van der Waals surface area contributed by atoms with Crippen molar-refractivity contribution < 1.29 is 4.74 Å². The van der Waals surface area contributed by atoms with Gasteiger partial charge in [0.15, 0.2) is 0 Å². The van der Waals surface area contributed by atoms with E-state index in [1.54, 1.807) is 6.20 Å². The zero-order valence-corrected chi connectivity index (χ0v) is 12.0. The molecule has 0 amide bonds. The van der Waals surface area contributed by atoms with E-state index in [-0.39, 0.29) is 0 Å². The molecule has 2 aromatic rings. The zero-order valence-electron chi connectivity index (χ0n) is 12.0. The van der Waals surface area contributed by atoms with Gasteiger partial charge in [0.1, 0.15) is 5.75 Å². The lowest BCUT2D eigenvalue weighted by Gasteiger charge is -2.11. The Morgan fingerprint density at radius 1 is 1.30 bits per heavy atom. The van der Waals surface area contributed by atoms with Crippen LogP contribution in [-0.4, -0.2) is 11.6 Å². The molecule has 106 valence electrons. The number of aromatic nitrogens is 1. The lowest BCUT2D eigenvalue weighted by molar-refractivity contribution is 0.318. The van der Waals surface area contributed by atoms with Crippen molar-refractivity contribution in [3.8, 4) is 5.75 Å². The number of rotatable bonds is 6. The van der Waals surface area contributed by atoms with Crippen molar-refractivity contribution in [3.63, 3.8) is 0 Å². The van der Waals surface area contributed by atoms with E-state index < -0.39 is 0 Å². The van der Waals surface area contributed by atoms with E-state index in [0.717, 1.165) is 23.6 Å². The van der Waals surface area contributed by atoms with Gasteiger partial charge in [0.05, 0.1) is 18.8 Å². The summed E-state index contributed by atoms with van der Waals surface area (Å²) in [7, 11) is 0. The number of nitrogens with two attached hydrogens (primary N) is 1. The number of pyridine rings is 1. The average Bonchev–Trinajstić information content (AvgIpc) is 2.44. The monoisotopic (exact) mass is 271 g/mol. The number of aryl methyl sites for hydroxylation is 1. The molecule has 0 unspecified atom stereocenters. The fourth-order valence-electron chi connectivity index (χ4n) is 1.92. The van der Waals surface area contributed by atoms with Gasteiger partial charge in [0, 0.05) is 29.7 Å². The van der Waals surface area contributed by atoms with Crippen LogP contribution in [0, 0.1) is 6.92 Å². The summed E-state index contributed by atoms with van der Waals surface area (Å²) in [6.07, 6.45) is 2.78. The normalized spacial score (nSPS) is 10.3. The second kappa shape index (κ2) is 6.80. The lowest BCUT2D eigenvalue weighted by Crippen LogP contribution is -2.04. The number of ether oxygens (including phenoxy) is 1. The van der Waals surface area contributed by atoms with Gasteiger partial charge in [-0.3, -0.25) is 4.98 Å². The van der Waals surface area contributed by atoms with Crippen LogP contribution in [0.15, 0.2) is 36.5 Å². The van der Waals surface area contributed by atoms with Crippen molar-refractivity contribution in [3.05, 3.63) is 47.8 Å². The molecule has 0 aliphatic rings. The van der Waals surface area contributed by atoms with Crippen molar-refractivity contribution in [1.82, 2.24) is 4.98 Å². The first-order valence-electron chi connectivity index (χ1n) is 6.86. The van der Waals surface area contributed by atoms with Crippen molar-refractivity contribution >= 4 is 11.4 Å². The number of anilines is 2. The Balaban J connectivity index is 2.05. The second-order valence-electron chi connectivity index (χ2n) is 4.76. The minimum atomic E-state index is 0.670. The third kappa shape index (κ3) is 3.88. The standard InChI is InChI=1S/C16H21N3O/c1-3-7-20-15-9-13(17)8-14(10-15)19-11-16-12(2)5-4-6-18-16/h4-6,8-10,19H,3,7,11,17H2,1-2H3. The predicted octanol–water partition coefficient (Wildman–Crippen LogP) is 3.37. The summed E-state index contributed by atoms with van der Waals surface area (Å²) in [5, 5.41) is 3.34. The minimum absolute atomic E-state index is 0.670. The van der Waals surface area contributed by atoms with E-state index in [0.29, 0.717) is 18.8 Å². The summed E-state index contributed by atoms with van der Waals surface area (Å²) in [4.78, 5) is 4.36. The first kappa shape index (κ1) is 14.2. The van der Waals surface area contributed by atoms with E-state index in [2.05, 4.69) is 30.2 Å². The molecule has 0 aliphatic carbocycles. The highest BCUT2D eigenvalue weighted by Crippen LogP contribution is 2.23. The van der Waals surface area contributed by atoms with E-state index >= 15 is 0 Å². The molecule has 0 radical (unpaired) electrons. The Labute approximate surface area is 120 Å². The molecular formula is C16H21N3O. The van der Waals surface area contributed by atoms with Crippen molar-refractivity contribution in [1.29, 1.82) is 0 Å². The van der Waals surface area contributed by atoms with Crippen LogP contribution in [0.4, 0.5) is 11.4 Å². The maximum atomic E-state index is 5.89. The van der Waals surface area contributed by atoms with Crippen LogP contribution in [0.3, 0.4) is 0 Å². The quantitative estimate of drug-likeness (QED) is 0.791. The largest absolute Gasteiger partial charge is 0.493 e. The van der Waals surface area contributed by atoms with Crippen LogP contribution in [0.5, 0.6) is 5.75 Å². The lowest BCUT2D eigenvalue weighted by atomic mass is 10.2. The second-order valence-corrected chi connectivity index (χ2v) is 4.76. The molecular weight excluding hydrogens is 250 g/mol. The molecule has 4 heteroatoms. The van der Waals surface area contributed by atoms with Crippen LogP contribution in [-0.2, 0) is 6.54 Å². The molecule has 0 atom stereocenters. The number of nitrogens with one attached hydrogen (secondary N) is 1. The Kier molecular flexibility index (Phi) is 4.82. The van der Waals surface area contributed by atoms with Crippen LogP contribution in [0.2, 0.25) is 0 Å². The van der Waals surface area contributed by atoms with Gasteiger partial charge in [0.25, 0.3) is 0 Å². The Hall–Kier alpha value is -2.23. The van der Waals surface area contributed by atoms with Crippen molar-refractivity contribution in [2.45, 2.75) is 26.8 Å². The molecule has 1 aromatic carbocycles. The molecule has 0 bridgehead atoms. The van der Waals surface area contributed by atoms with Crippen LogP contribution >= 0.6 is 0 Å². The molecule has 20 heavy (non-hydrogen) atoms. The molecule has 0 fully saturated rings. The maximum Gasteiger partial charge on any atom is 0.123 e. The van der Waals surface area contributed by atoms with Crippen molar-refractivity contribution in [2.24, 2.45) is 0 Å². The van der Waals surface area contributed by atoms with E-state index in [1.165, 1.54) is 5.56 Å². The minimum Gasteiger partial charge on any atom is -0.493 e. The molecule has 0 aliphatic heterocycles. The van der Waals surface area contributed by atoms with E-state index in [4.69, 9.17) is 10.5 Å². The van der Waals surface area contributed by atoms with Gasteiger partial charge in [-0.2, -0.15) is 0 Å². The third-order valence-electron chi connectivity index (χ3n) is 2.98.